The number of aliphatic hydroxyl groups excluding tert-OH is 1. The summed E-state index contributed by atoms with van der Waals surface area (Å²) in [7, 11) is 0. The highest BCUT2D eigenvalue weighted by molar-refractivity contribution is 5.50. The van der Waals surface area contributed by atoms with Crippen molar-refractivity contribution in [3.8, 4) is 0 Å². The van der Waals surface area contributed by atoms with Gasteiger partial charge in [-0.05, 0) is 13.8 Å². The smallest absolute Gasteiger partial charge is 0.135 e. The van der Waals surface area contributed by atoms with E-state index in [0.29, 0.717) is 5.69 Å². The fraction of sp³-hybridized carbons (Fsp3) is 0.400. The molecule has 1 aromatic rings. The van der Waals surface area contributed by atoms with Gasteiger partial charge in [0, 0.05) is 0 Å². The van der Waals surface area contributed by atoms with Gasteiger partial charge in [-0.1, -0.05) is 20.4 Å². The van der Waals surface area contributed by atoms with Gasteiger partial charge in [-0.2, -0.15) is 0 Å². The SMILES string of the molecule is C=C(O)c1cnc(C)c(C)n1.CC. The first-order chi connectivity index (χ1) is 6.11. The molecule has 0 aliphatic carbocycles. The van der Waals surface area contributed by atoms with Crippen molar-refractivity contribution in [1.29, 1.82) is 0 Å². The number of aliphatic hydroxyl groups is 1. The van der Waals surface area contributed by atoms with E-state index in [2.05, 4.69) is 16.5 Å². The molecular weight excluding hydrogens is 164 g/mol. The van der Waals surface area contributed by atoms with Gasteiger partial charge in [-0.15, -0.1) is 0 Å². The second-order valence-corrected chi connectivity index (χ2v) is 2.37. The first-order valence-electron chi connectivity index (χ1n) is 4.29. The zero-order chi connectivity index (χ0) is 10.4. The quantitative estimate of drug-likeness (QED) is 0.676. The zero-order valence-electron chi connectivity index (χ0n) is 8.63. The van der Waals surface area contributed by atoms with Gasteiger partial charge in [0.1, 0.15) is 11.5 Å². The van der Waals surface area contributed by atoms with Gasteiger partial charge >= 0.3 is 0 Å². The van der Waals surface area contributed by atoms with Crippen molar-refractivity contribution in [3.05, 3.63) is 29.9 Å². The molecule has 3 nitrogen and oxygen atoms in total. The highest BCUT2D eigenvalue weighted by atomic mass is 16.3. The topological polar surface area (TPSA) is 46.0 Å². The van der Waals surface area contributed by atoms with Crippen LogP contribution in [0, 0.1) is 13.8 Å². The number of aryl methyl sites for hydroxylation is 2. The Morgan fingerprint density at radius 2 is 1.85 bits per heavy atom. The number of rotatable bonds is 1. The lowest BCUT2D eigenvalue weighted by atomic mass is 10.3. The third kappa shape index (κ3) is 3.23. The molecule has 13 heavy (non-hydrogen) atoms. The maximum absolute atomic E-state index is 8.94. The molecule has 0 aliphatic rings. The normalized spacial score (nSPS) is 8.62. The van der Waals surface area contributed by atoms with Crippen LogP contribution in [-0.4, -0.2) is 15.1 Å². The van der Waals surface area contributed by atoms with Crippen LogP contribution >= 0.6 is 0 Å². The maximum Gasteiger partial charge on any atom is 0.135 e. The Morgan fingerprint density at radius 1 is 1.31 bits per heavy atom. The molecule has 1 aromatic heterocycles. The fourth-order valence-corrected chi connectivity index (χ4v) is 0.681. The van der Waals surface area contributed by atoms with Crippen molar-refractivity contribution in [2.24, 2.45) is 0 Å². The molecule has 0 radical (unpaired) electrons. The van der Waals surface area contributed by atoms with E-state index < -0.39 is 0 Å². The van der Waals surface area contributed by atoms with E-state index >= 15 is 0 Å². The minimum Gasteiger partial charge on any atom is -0.506 e. The highest BCUT2D eigenvalue weighted by Gasteiger charge is 2.00. The maximum atomic E-state index is 8.94. The van der Waals surface area contributed by atoms with Gasteiger partial charge in [0.2, 0.25) is 0 Å². The summed E-state index contributed by atoms with van der Waals surface area (Å²) in [6.45, 7) is 11.1. The van der Waals surface area contributed by atoms with Gasteiger partial charge in [-0.3, -0.25) is 4.98 Å². The summed E-state index contributed by atoms with van der Waals surface area (Å²) in [5.74, 6) is -0.0411. The third-order valence-corrected chi connectivity index (χ3v) is 1.49. The van der Waals surface area contributed by atoms with Crippen LogP contribution in [0.4, 0.5) is 0 Å². The van der Waals surface area contributed by atoms with Crippen LogP contribution in [0.25, 0.3) is 5.76 Å². The predicted octanol–water partition coefficient (Wildman–Crippen LogP) is 2.65. The van der Waals surface area contributed by atoms with E-state index in [4.69, 9.17) is 5.11 Å². The summed E-state index contributed by atoms with van der Waals surface area (Å²) in [5.41, 5.74) is 2.13. The van der Waals surface area contributed by atoms with Crippen LogP contribution in [0.2, 0.25) is 0 Å². The number of hydrogen-bond acceptors (Lipinski definition) is 3. The molecule has 72 valence electrons. The van der Waals surface area contributed by atoms with Crippen LogP contribution in [0.1, 0.15) is 30.9 Å². The average molecular weight is 180 g/mol. The second-order valence-electron chi connectivity index (χ2n) is 2.37. The fourth-order valence-electron chi connectivity index (χ4n) is 0.681. The largest absolute Gasteiger partial charge is 0.506 e. The van der Waals surface area contributed by atoms with Crippen molar-refractivity contribution < 1.29 is 5.11 Å². The number of aromatic nitrogens is 2. The minimum absolute atomic E-state index is 0.0411. The molecule has 0 bridgehead atoms. The van der Waals surface area contributed by atoms with Crippen LogP contribution in [0.3, 0.4) is 0 Å². The van der Waals surface area contributed by atoms with Gasteiger partial charge in [0.25, 0.3) is 0 Å². The van der Waals surface area contributed by atoms with Crippen molar-refractivity contribution in [2.45, 2.75) is 27.7 Å². The monoisotopic (exact) mass is 180 g/mol. The molecule has 1 N–H and O–H groups in total. The Bertz CT molecular complexity index is 295. The van der Waals surface area contributed by atoms with Crippen molar-refractivity contribution in [2.75, 3.05) is 0 Å². The van der Waals surface area contributed by atoms with Gasteiger partial charge in [0.15, 0.2) is 0 Å². The molecule has 0 spiro atoms. The van der Waals surface area contributed by atoms with E-state index in [-0.39, 0.29) is 5.76 Å². The standard InChI is InChI=1S/C8H10N2O.C2H6/c1-5-6(2)10-8(4-9-5)7(3)11;1-2/h4,11H,3H2,1-2H3;1-2H3. The molecule has 0 saturated heterocycles. The van der Waals surface area contributed by atoms with E-state index in [1.807, 2.05) is 27.7 Å². The lowest BCUT2D eigenvalue weighted by Gasteiger charge is -2.00. The summed E-state index contributed by atoms with van der Waals surface area (Å²) < 4.78 is 0. The zero-order valence-corrected chi connectivity index (χ0v) is 8.63. The minimum atomic E-state index is -0.0411. The molecule has 0 aromatic carbocycles. The van der Waals surface area contributed by atoms with E-state index in [0.717, 1.165) is 11.4 Å². The summed E-state index contributed by atoms with van der Waals surface area (Å²) in [6, 6.07) is 0. The number of nitrogens with zero attached hydrogens (tertiary/aromatic N) is 2. The molecule has 0 amide bonds. The molecule has 0 aliphatic heterocycles. The van der Waals surface area contributed by atoms with Crippen LogP contribution in [0.5, 0.6) is 0 Å². The van der Waals surface area contributed by atoms with E-state index in [1.165, 1.54) is 6.20 Å². The summed E-state index contributed by atoms with van der Waals surface area (Å²) in [4.78, 5) is 8.08. The van der Waals surface area contributed by atoms with E-state index in [1.54, 1.807) is 0 Å². The molecular formula is C10H16N2O. The second kappa shape index (κ2) is 5.30. The van der Waals surface area contributed by atoms with Crippen molar-refractivity contribution in [1.82, 2.24) is 9.97 Å². The lowest BCUT2D eigenvalue weighted by molar-refractivity contribution is 0.509. The van der Waals surface area contributed by atoms with Gasteiger partial charge in [-0.25, -0.2) is 4.98 Å². The molecule has 0 fully saturated rings. The Morgan fingerprint density at radius 3 is 2.23 bits per heavy atom. The van der Waals surface area contributed by atoms with Crippen molar-refractivity contribution >= 4 is 5.76 Å². The predicted molar refractivity (Wildman–Crippen MR) is 54.5 cm³/mol. The van der Waals surface area contributed by atoms with Crippen LogP contribution in [0.15, 0.2) is 12.8 Å². The lowest BCUT2D eigenvalue weighted by Crippen LogP contribution is -1.95. The summed E-state index contributed by atoms with van der Waals surface area (Å²) >= 11 is 0. The Hall–Kier alpha value is -1.38. The molecule has 0 atom stereocenters. The summed E-state index contributed by atoms with van der Waals surface area (Å²) in [6.07, 6.45) is 1.50. The van der Waals surface area contributed by atoms with Crippen molar-refractivity contribution in [3.63, 3.8) is 0 Å². The molecule has 1 rings (SSSR count). The summed E-state index contributed by atoms with van der Waals surface area (Å²) in [5, 5.41) is 8.94. The third-order valence-electron chi connectivity index (χ3n) is 1.49. The Labute approximate surface area is 79.2 Å². The van der Waals surface area contributed by atoms with Crippen LogP contribution in [-0.2, 0) is 0 Å². The van der Waals surface area contributed by atoms with Crippen LogP contribution < -0.4 is 0 Å². The Balaban J connectivity index is 0.000000671. The molecule has 3 heteroatoms. The average Bonchev–Trinajstić information content (AvgIpc) is 2.13. The van der Waals surface area contributed by atoms with Gasteiger partial charge < -0.3 is 5.11 Å². The molecule has 0 saturated carbocycles. The Kier molecular flexibility index (Phi) is 4.74. The van der Waals surface area contributed by atoms with Gasteiger partial charge in [0.05, 0.1) is 17.6 Å². The first kappa shape index (κ1) is 11.6. The first-order valence-corrected chi connectivity index (χ1v) is 4.29. The highest BCUT2D eigenvalue weighted by Crippen LogP contribution is 2.06. The molecule has 1 heterocycles. The number of hydrogen-bond donors (Lipinski definition) is 1. The molecule has 0 unspecified atom stereocenters. The van der Waals surface area contributed by atoms with E-state index in [9.17, 15) is 0 Å².